The molecule has 3 heterocycles. The van der Waals surface area contributed by atoms with E-state index >= 15 is 0 Å². The molecule has 1 fully saturated rings. The third-order valence-electron chi connectivity index (χ3n) is 3.35. The third kappa shape index (κ3) is 3.28. The number of aromatic nitrogens is 3. The number of nitrogens with zero attached hydrogens (tertiary/aromatic N) is 4. The number of hydrogen-bond donors (Lipinski definition) is 1. The number of anilines is 2. The average Bonchev–Trinajstić information content (AvgIpc) is 2.93. The topological polar surface area (TPSA) is 53.9 Å². The van der Waals surface area contributed by atoms with Gasteiger partial charge in [-0.1, -0.05) is 0 Å². The molecule has 20 heavy (non-hydrogen) atoms. The molecular weight excluding hydrogens is 313 g/mol. The Morgan fingerprint density at radius 2 is 2.35 bits per heavy atom. The first-order valence-corrected chi connectivity index (χ1v) is 7.79. The van der Waals surface area contributed by atoms with E-state index in [0.29, 0.717) is 11.3 Å². The van der Waals surface area contributed by atoms with Gasteiger partial charge >= 0.3 is 127 Å². The SMILES string of the molecule is [As][C@@H]1CCN(c2cnnc(NCc3ccccn3)c2)C1. The molecule has 0 bridgehead atoms. The monoisotopic (exact) mass is 329 g/mol. The van der Waals surface area contributed by atoms with E-state index in [0.717, 1.165) is 30.3 Å². The molecule has 2 aromatic rings. The Morgan fingerprint density at radius 3 is 3.10 bits per heavy atom. The van der Waals surface area contributed by atoms with Crippen molar-refractivity contribution < 1.29 is 0 Å². The van der Waals surface area contributed by atoms with E-state index in [1.165, 1.54) is 6.42 Å². The van der Waals surface area contributed by atoms with Crippen LogP contribution < -0.4 is 10.2 Å². The summed E-state index contributed by atoms with van der Waals surface area (Å²) in [5, 5.41) is 11.5. The number of rotatable bonds is 4. The van der Waals surface area contributed by atoms with Crippen molar-refractivity contribution >= 4 is 28.4 Å². The molecule has 0 aliphatic carbocycles. The second-order valence-corrected chi connectivity index (χ2v) is 6.39. The molecule has 0 amide bonds. The van der Waals surface area contributed by atoms with Gasteiger partial charge in [-0.25, -0.2) is 0 Å². The molecule has 5 nitrogen and oxygen atoms in total. The summed E-state index contributed by atoms with van der Waals surface area (Å²) in [5.41, 5.74) is 2.13. The summed E-state index contributed by atoms with van der Waals surface area (Å²) in [4.78, 5) is 6.63. The maximum atomic E-state index is 4.28. The zero-order valence-electron chi connectivity index (χ0n) is 11.1. The normalized spacial score (nSPS) is 18.2. The van der Waals surface area contributed by atoms with Crippen molar-refractivity contribution in [3.63, 3.8) is 0 Å². The fourth-order valence-electron chi connectivity index (χ4n) is 2.28. The van der Waals surface area contributed by atoms with Crippen molar-refractivity contribution in [2.24, 2.45) is 0 Å². The van der Waals surface area contributed by atoms with Crippen molar-refractivity contribution in [2.45, 2.75) is 17.7 Å². The molecule has 1 N–H and O–H groups in total. The number of hydrogen-bond acceptors (Lipinski definition) is 5. The first kappa shape index (κ1) is 13.4. The van der Waals surface area contributed by atoms with Crippen LogP contribution in [-0.4, -0.2) is 45.1 Å². The van der Waals surface area contributed by atoms with Crippen molar-refractivity contribution in [1.29, 1.82) is 0 Å². The minimum absolute atomic E-state index is 0.659. The molecular formula is C14H16AsN5. The second-order valence-electron chi connectivity index (χ2n) is 4.86. The van der Waals surface area contributed by atoms with Gasteiger partial charge in [-0.15, -0.1) is 0 Å². The van der Waals surface area contributed by atoms with E-state index in [-0.39, 0.29) is 0 Å². The van der Waals surface area contributed by atoms with Crippen molar-refractivity contribution in [3.05, 3.63) is 42.4 Å². The van der Waals surface area contributed by atoms with Crippen LogP contribution in [0.5, 0.6) is 0 Å². The summed E-state index contributed by atoms with van der Waals surface area (Å²) in [7, 11) is 0. The minimum atomic E-state index is 0.659. The van der Waals surface area contributed by atoms with Gasteiger partial charge in [-0.05, 0) is 0 Å². The van der Waals surface area contributed by atoms with Crippen LogP contribution in [0.4, 0.5) is 11.5 Å². The first-order chi connectivity index (χ1) is 9.81. The van der Waals surface area contributed by atoms with Gasteiger partial charge in [0.05, 0.1) is 0 Å². The Kier molecular flexibility index (Phi) is 4.16. The van der Waals surface area contributed by atoms with Crippen LogP contribution in [0.1, 0.15) is 12.1 Å². The molecule has 3 rings (SSSR count). The zero-order chi connectivity index (χ0) is 13.8. The van der Waals surface area contributed by atoms with E-state index in [4.69, 9.17) is 0 Å². The van der Waals surface area contributed by atoms with Gasteiger partial charge in [0, 0.05) is 0 Å². The van der Waals surface area contributed by atoms with Gasteiger partial charge in [-0.3, -0.25) is 0 Å². The van der Waals surface area contributed by atoms with E-state index < -0.39 is 0 Å². The van der Waals surface area contributed by atoms with Crippen LogP contribution in [0.2, 0.25) is 4.71 Å². The maximum absolute atomic E-state index is 4.28. The standard InChI is InChI=1S/C14H16AsN5/c15-11-4-6-20(10-11)13-7-14(19-18-9-13)17-8-12-3-1-2-5-16-12/h1-3,5,7,9,11H,4,6,8,10H2,(H,17,19)/t11-/m1/s1. The predicted molar refractivity (Wildman–Crippen MR) is 79.9 cm³/mol. The van der Waals surface area contributed by atoms with Crippen LogP contribution in [-0.2, 0) is 6.54 Å². The summed E-state index contributed by atoms with van der Waals surface area (Å²) < 4.78 is 0.695. The molecule has 0 saturated carbocycles. The van der Waals surface area contributed by atoms with Crippen LogP contribution >= 0.6 is 0 Å². The second kappa shape index (κ2) is 6.23. The van der Waals surface area contributed by atoms with Gasteiger partial charge in [0.25, 0.3) is 0 Å². The summed E-state index contributed by atoms with van der Waals surface area (Å²) in [6.07, 6.45) is 4.85. The molecule has 102 valence electrons. The molecule has 1 atom stereocenters. The van der Waals surface area contributed by atoms with Gasteiger partial charge < -0.3 is 0 Å². The number of nitrogens with one attached hydrogen (secondary N) is 1. The molecule has 1 aliphatic heterocycles. The van der Waals surface area contributed by atoms with Crippen LogP contribution in [0.3, 0.4) is 0 Å². The Hall–Kier alpha value is -1.61. The summed E-state index contributed by atoms with van der Waals surface area (Å²) in [5.74, 6) is 0.794. The predicted octanol–water partition coefficient (Wildman–Crippen LogP) is 1.65. The fraction of sp³-hybridized carbons (Fsp3) is 0.357. The van der Waals surface area contributed by atoms with Crippen LogP contribution in [0, 0.1) is 0 Å². The Balaban J connectivity index is 1.65. The van der Waals surface area contributed by atoms with E-state index in [9.17, 15) is 0 Å². The molecule has 0 aromatic carbocycles. The number of pyridine rings is 1. The molecule has 0 spiro atoms. The molecule has 2 radical (unpaired) electrons. The quantitative estimate of drug-likeness (QED) is 0.865. The third-order valence-corrected chi connectivity index (χ3v) is 4.23. The average molecular weight is 329 g/mol. The fourth-order valence-corrected chi connectivity index (χ4v) is 2.93. The molecule has 2 aromatic heterocycles. The summed E-state index contributed by atoms with van der Waals surface area (Å²) >= 11 is 2.74. The Bertz CT molecular complexity index is 563. The Labute approximate surface area is 127 Å². The summed E-state index contributed by atoms with van der Waals surface area (Å²) in [6.45, 7) is 2.82. The first-order valence-electron chi connectivity index (χ1n) is 6.71. The Morgan fingerprint density at radius 1 is 1.40 bits per heavy atom. The summed E-state index contributed by atoms with van der Waals surface area (Å²) in [6, 6.07) is 7.94. The van der Waals surface area contributed by atoms with Crippen molar-refractivity contribution in [3.8, 4) is 0 Å². The van der Waals surface area contributed by atoms with Crippen LogP contribution in [0.25, 0.3) is 0 Å². The van der Waals surface area contributed by atoms with Gasteiger partial charge in [0.15, 0.2) is 0 Å². The van der Waals surface area contributed by atoms with Crippen LogP contribution in [0.15, 0.2) is 36.7 Å². The van der Waals surface area contributed by atoms with Gasteiger partial charge in [-0.2, -0.15) is 0 Å². The molecule has 1 aliphatic rings. The van der Waals surface area contributed by atoms with E-state index in [1.807, 2.05) is 24.4 Å². The molecule has 6 heteroatoms. The molecule has 1 saturated heterocycles. The van der Waals surface area contributed by atoms with Gasteiger partial charge in [0.1, 0.15) is 0 Å². The van der Waals surface area contributed by atoms with Crippen molar-refractivity contribution in [2.75, 3.05) is 23.3 Å². The van der Waals surface area contributed by atoms with Gasteiger partial charge in [0.2, 0.25) is 0 Å². The van der Waals surface area contributed by atoms with E-state index in [1.54, 1.807) is 6.20 Å². The van der Waals surface area contributed by atoms with E-state index in [2.05, 4.69) is 48.3 Å². The zero-order valence-corrected chi connectivity index (χ0v) is 13.0. The molecule has 0 unspecified atom stereocenters. The van der Waals surface area contributed by atoms with Crippen molar-refractivity contribution in [1.82, 2.24) is 15.2 Å².